The molecule has 0 bridgehead atoms. The second-order valence-electron chi connectivity index (χ2n) is 3.89. The van der Waals surface area contributed by atoms with Gasteiger partial charge in [0.2, 0.25) is 0 Å². The Kier molecular flexibility index (Phi) is 4.24. The van der Waals surface area contributed by atoms with Gasteiger partial charge in [0.15, 0.2) is 0 Å². The molecule has 0 saturated carbocycles. The summed E-state index contributed by atoms with van der Waals surface area (Å²) in [6.45, 7) is 0.497. The van der Waals surface area contributed by atoms with E-state index in [-0.39, 0.29) is 5.69 Å². The first-order chi connectivity index (χ1) is 9.06. The summed E-state index contributed by atoms with van der Waals surface area (Å²) in [4.78, 5) is 10.1. The van der Waals surface area contributed by atoms with Crippen LogP contribution in [0.15, 0.2) is 42.5 Å². The molecule has 0 fully saturated rings. The molecular formula is C13H10Cl2N2O2. The number of halogens is 2. The predicted octanol–water partition coefficient (Wildman–Crippen LogP) is 4.51. The zero-order chi connectivity index (χ0) is 13.8. The lowest BCUT2D eigenvalue weighted by Gasteiger charge is -2.08. The smallest absolute Gasteiger partial charge is 0.269 e. The van der Waals surface area contributed by atoms with Crippen molar-refractivity contribution in [1.82, 2.24) is 0 Å². The lowest BCUT2D eigenvalue weighted by atomic mass is 10.2. The minimum atomic E-state index is -0.433. The number of nitro groups is 1. The van der Waals surface area contributed by atoms with Crippen LogP contribution < -0.4 is 5.32 Å². The molecule has 0 aromatic heterocycles. The molecule has 0 atom stereocenters. The minimum absolute atomic E-state index is 0.0614. The summed E-state index contributed by atoms with van der Waals surface area (Å²) in [5.74, 6) is 0. The molecule has 2 aromatic rings. The monoisotopic (exact) mass is 296 g/mol. The molecule has 0 radical (unpaired) electrons. The Morgan fingerprint density at radius 1 is 1.11 bits per heavy atom. The van der Waals surface area contributed by atoms with Crippen molar-refractivity contribution in [2.75, 3.05) is 5.32 Å². The molecule has 0 aliphatic carbocycles. The van der Waals surface area contributed by atoms with Crippen LogP contribution in [0.2, 0.25) is 10.0 Å². The first-order valence-corrected chi connectivity index (χ1v) is 6.24. The zero-order valence-electron chi connectivity index (χ0n) is 9.77. The molecule has 0 aliphatic rings. The molecule has 6 heteroatoms. The van der Waals surface area contributed by atoms with Gasteiger partial charge in [0.25, 0.3) is 5.69 Å². The lowest BCUT2D eigenvalue weighted by molar-refractivity contribution is -0.384. The van der Waals surface area contributed by atoms with Crippen LogP contribution in [0.3, 0.4) is 0 Å². The maximum absolute atomic E-state index is 10.5. The number of non-ortho nitro benzene ring substituents is 1. The third kappa shape index (κ3) is 3.59. The third-order valence-corrected chi connectivity index (χ3v) is 3.17. The van der Waals surface area contributed by atoms with Crippen molar-refractivity contribution >= 4 is 34.6 Å². The summed E-state index contributed by atoms with van der Waals surface area (Å²) in [6, 6.07) is 11.4. The Morgan fingerprint density at radius 3 is 2.42 bits per heavy atom. The molecule has 0 amide bonds. The summed E-state index contributed by atoms with van der Waals surface area (Å²) in [7, 11) is 0. The van der Waals surface area contributed by atoms with Gasteiger partial charge in [-0.05, 0) is 35.9 Å². The molecule has 0 heterocycles. The summed E-state index contributed by atoms with van der Waals surface area (Å²) in [5.41, 5.74) is 1.71. The molecule has 4 nitrogen and oxygen atoms in total. The Balaban J connectivity index is 2.06. The fourth-order valence-corrected chi connectivity index (χ4v) is 1.96. The van der Waals surface area contributed by atoms with E-state index in [4.69, 9.17) is 23.2 Å². The number of nitro benzene ring substituents is 1. The van der Waals surface area contributed by atoms with Crippen molar-refractivity contribution in [2.45, 2.75) is 6.54 Å². The van der Waals surface area contributed by atoms with E-state index >= 15 is 0 Å². The SMILES string of the molecule is O=[N+]([O-])c1ccc(NCc2cc(Cl)ccc2Cl)cc1. The van der Waals surface area contributed by atoms with E-state index in [1.54, 1.807) is 30.3 Å². The van der Waals surface area contributed by atoms with Gasteiger partial charge < -0.3 is 5.32 Å². The summed E-state index contributed by atoms with van der Waals surface area (Å²) in [6.07, 6.45) is 0. The van der Waals surface area contributed by atoms with Gasteiger partial charge in [0.05, 0.1) is 4.92 Å². The van der Waals surface area contributed by atoms with Gasteiger partial charge in [-0.25, -0.2) is 0 Å². The van der Waals surface area contributed by atoms with Gasteiger partial charge in [-0.2, -0.15) is 0 Å². The Morgan fingerprint density at radius 2 is 1.79 bits per heavy atom. The number of rotatable bonds is 4. The Bertz CT molecular complexity index is 600. The van der Waals surface area contributed by atoms with Crippen LogP contribution in [0, 0.1) is 10.1 Å². The molecule has 0 saturated heterocycles. The second kappa shape index (κ2) is 5.91. The maximum Gasteiger partial charge on any atom is 0.269 e. The topological polar surface area (TPSA) is 55.2 Å². The normalized spacial score (nSPS) is 10.2. The van der Waals surface area contributed by atoms with Crippen LogP contribution in [-0.4, -0.2) is 4.92 Å². The minimum Gasteiger partial charge on any atom is -0.381 e. The van der Waals surface area contributed by atoms with E-state index < -0.39 is 4.92 Å². The van der Waals surface area contributed by atoms with Gasteiger partial charge in [0.1, 0.15) is 0 Å². The van der Waals surface area contributed by atoms with Gasteiger partial charge in [-0.15, -0.1) is 0 Å². The van der Waals surface area contributed by atoms with Gasteiger partial charge in [0, 0.05) is 34.4 Å². The summed E-state index contributed by atoms with van der Waals surface area (Å²) >= 11 is 11.9. The number of hydrogen-bond donors (Lipinski definition) is 1. The lowest BCUT2D eigenvalue weighted by Crippen LogP contribution is -2.00. The highest BCUT2D eigenvalue weighted by Crippen LogP contribution is 2.22. The van der Waals surface area contributed by atoms with Crippen LogP contribution in [0.5, 0.6) is 0 Å². The fourth-order valence-electron chi connectivity index (χ4n) is 1.58. The van der Waals surface area contributed by atoms with Crippen molar-refractivity contribution in [3.8, 4) is 0 Å². The maximum atomic E-state index is 10.5. The van der Waals surface area contributed by atoms with Crippen LogP contribution in [-0.2, 0) is 6.54 Å². The van der Waals surface area contributed by atoms with E-state index in [0.717, 1.165) is 11.3 Å². The predicted molar refractivity (Wildman–Crippen MR) is 76.9 cm³/mol. The summed E-state index contributed by atoms with van der Waals surface area (Å²) in [5, 5.41) is 14.9. The van der Waals surface area contributed by atoms with Crippen LogP contribution in [0.1, 0.15) is 5.56 Å². The van der Waals surface area contributed by atoms with Crippen molar-refractivity contribution in [2.24, 2.45) is 0 Å². The van der Waals surface area contributed by atoms with Crippen molar-refractivity contribution < 1.29 is 4.92 Å². The largest absolute Gasteiger partial charge is 0.381 e. The molecule has 2 aromatic carbocycles. The highest BCUT2D eigenvalue weighted by atomic mass is 35.5. The molecular weight excluding hydrogens is 287 g/mol. The van der Waals surface area contributed by atoms with Crippen LogP contribution in [0.25, 0.3) is 0 Å². The molecule has 98 valence electrons. The quantitative estimate of drug-likeness (QED) is 0.667. The van der Waals surface area contributed by atoms with Gasteiger partial charge >= 0.3 is 0 Å². The Labute approximate surface area is 120 Å². The first-order valence-electron chi connectivity index (χ1n) is 5.48. The zero-order valence-corrected chi connectivity index (χ0v) is 11.3. The number of hydrogen-bond acceptors (Lipinski definition) is 3. The number of benzene rings is 2. The second-order valence-corrected chi connectivity index (χ2v) is 4.74. The van der Waals surface area contributed by atoms with E-state index in [1.165, 1.54) is 12.1 Å². The van der Waals surface area contributed by atoms with Gasteiger partial charge in [-0.3, -0.25) is 10.1 Å². The highest BCUT2D eigenvalue weighted by molar-refractivity contribution is 6.33. The number of nitrogens with one attached hydrogen (secondary N) is 1. The van der Waals surface area contributed by atoms with E-state index in [1.807, 2.05) is 0 Å². The summed E-state index contributed by atoms with van der Waals surface area (Å²) < 4.78 is 0. The van der Waals surface area contributed by atoms with E-state index in [0.29, 0.717) is 16.6 Å². The van der Waals surface area contributed by atoms with Crippen molar-refractivity contribution in [3.05, 3.63) is 68.2 Å². The number of nitrogens with zero attached hydrogens (tertiary/aromatic N) is 1. The Hall–Kier alpha value is -1.78. The van der Waals surface area contributed by atoms with Crippen molar-refractivity contribution in [1.29, 1.82) is 0 Å². The molecule has 0 unspecified atom stereocenters. The standard InChI is InChI=1S/C13H10Cl2N2O2/c14-10-1-6-13(15)9(7-10)8-16-11-2-4-12(5-3-11)17(18)19/h1-7,16H,8H2. The fraction of sp³-hybridized carbons (Fsp3) is 0.0769. The van der Waals surface area contributed by atoms with Gasteiger partial charge in [-0.1, -0.05) is 23.2 Å². The van der Waals surface area contributed by atoms with Crippen LogP contribution in [0.4, 0.5) is 11.4 Å². The first kappa shape index (κ1) is 13.6. The van der Waals surface area contributed by atoms with Crippen LogP contribution >= 0.6 is 23.2 Å². The van der Waals surface area contributed by atoms with E-state index in [9.17, 15) is 10.1 Å². The van der Waals surface area contributed by atoms with Crippen molar-refractivity contribution in [3.63, 3.8) is 0 Å². The molecule has 2 rings (SSSR count). The van der Waals surface area contributed by atoms with E-state index in [2.05, 4.69) is 5.32 Å². The molecule has 1 N–H and O–H groups in total. The average Bonchev–Trinajstić information content (AvgIpc) is 2.40. The third-order valence-electron chi connectivity index (χ3n) is 2.57. The molecule has 0 spiro atoms. The molecule has 19 heavy (non-hydrogen) atoms. The number of anilines is 1. The molecule has 0 aliphatic heterocycles. The highest BCUT2D eigenvalue weighted by Gasteiger charge is 2.05. The average molecular weight is 297 g/mol.